The molecule has 0 aliphatic rings. The molecule has 0 fully saturated rings. The molecule has 0 saturated heterocycles. The Bertz CT molecular complexity index is 921. The van der Waals surface area contributed by atoms with Gasteiger partial charge in [-0.05, 0) is 34.4 Å². The molecule has 1 atom stereocenters. The molecule has 1 unspecified atom stereocenters. The lowest BCUT2D eigenvalue weighted by molar-refractivity contribution is 0.869. The Labute approximate surface area is 169 Å². The largest absolute Gasteiger partial charge is 0.0622 e. The first kappa shape index (κ1) is 17.8. The summed E-state index contributed by atoms with van der Waals surface area (Å²) in [7, 11) is 0. The Morgan fingerprint density at radius 3 is 1.37 bits per heavy atom. The van der Waals surface area contributed by atoms with Crippen LogP contribution in [0.5, 0.6) is 0 Å². The Morgan fingerprint density at radius 2 is 0.889 bits per heavy atom. The Kier molecular flexibility index (Phi) is 5.50. The lowest BCUT2D eigenvalue weighted by Gasteiger charge is -2.29. The standard InChI is InChI=1S/C26H20Br/c27-24-18-16-23(17-19-24)26(22-14-8-3-9-15-22)25(20-10-4-1-5-11-20)21-12-6-2-7-13-21/h1-19,26H. The zero-order valence-corrected chi connectivity index (χ0v) is 16.5. The quantitative estimate of drug-likeness (QED) is 0.324. The van der Waals surface area contributed by atoms with Gasteiger partial charge in [-0.3, -0.25) is 0 Å². The van der Waals surface area contributed by atoms with Crippen molar-refractivity contribution in [3.8, 4) is 0 Å². The predicted octanol–water partition coefficient (Wildman–Crippen LogP) is 7.25. The second-order valence-corrected chi connectivity index (χ2v) is 7.46. The fourth-order valence-corrected chi connectivity index (χ4v) is 3.83. The van der Waals surface area contributed by atoms with E-state index in [0.717, 1.165) is 4.47 Å². The topological polar surface area (TPSA) is 0 Å². The third-order valence-electron chi connectivity index (χ3n) is 4.79. The first-order valence-electron chi connectivity index (χ1n) is 9.11. The predicted molar refractivity (Wildman–Crippen MR) is 117 cm³/mol. The Balaban J connectivity index is 1.93. The van der Waals surface area contributed by atoms with Crippen molar-refractivity contribution in [1.82, 2.24) is 0 Å². The second-order valence-electron chi connectivity index (χ2n) is 6.54. The van der Waals surface area contributed by atoms with E-state index in [0.29, 0.717) is 0 Å². The van der Waals surface area contributed by atoms with Crippen molar-refractivity contribution >= 4 is 15.9 Å². The average Bonchev–Trinajstić information content (AvgIpc) is 2.75. The van der Waals surface area contributed by atoms with Crippen LogP contribution in [0, 0.1) is 5.92 Å². The average molecular weight is 412 g/mol. The van der Waals surface area contributed by atoms with Gasteiger partial charge < -0.3 is 0 Å². The third-order valence-corrected chi connectivity index (χ3v) is 5.32. The zero-order valence-electron chi connectivity index (χ0n) is 14.9. The second kappa shape index (κ2) is 8.37. The molecule has 0 spiro atoms. The molecule has 4 aromatic rings. The van der Waals surface area contributed by atoms with E-state index in [4.69, 9.17) is 0 Å². The lowest BCUT2D eigenvalue weighted by Crippen LogP contribution is -2.15. The lowest BCUT2D eigenvalue weighted by atomic mass is 9.74. The van der Waals surface area contributed by atoms with Gasteiger partial charge in [0.2, 0.25) is 0 Å². The van der Waals surface area contributed by atoms with Gasteiger partial charge in [-0.2, -0.15) is 0 Å². The number of hydrogen-bond acceptors (Lipinski definition) is 0. The highest BCUT2D eigenvalue weighted by molar-refractivity contribution is 9.10. The van der Waals surface area contributed by atoms with Crippen molar-refractivity contribution in [2.45, 2.75) is 5.92 Å². The summed E-state index contributed by atoms with van der Waals surface area (Å²) < 4.78 is 1.10. The molecule has 0 heterocycles. The third kappa shape index (κ3) is 4.04. The normalized spacial score (nSPS) is 12.1. The minimum atomic E-state index is 0.157. The van der Waals surface area contributed by atoms with Gasteiger partial charge in [0.15, 0.2) is 0 Å². The van der Waals surface area contributed by atoms with Gasteiger partial charge in [-0.25, -0.2) is 0 Å². The molecule has 4 aromatic carbocycles. The molecule has 131 valence electrons. The zero-order chi connectivity index (χ0) is 18.5. The first-order valence-corrected chi connectivity index (χ1v) is 9.90. The Morgan fingerprint density at radius 1 is 0.481 bits per heavy atom. The van der Waals surface area contributed by atoms with Crippen LogP contribution >= 0.6 is 15.9 Å². The van der Waals surface area contributed by atoms with E-state index in [-0.39, 0.29) is 5.92 Å². The SMILES string of the molecule is Brc1ccc(C([C](c2ccccc2)c2ccccc2)c2ccccc2)cc1. The molecule has 0 saturated carbocycles. The van der Waals surface area contributed by atoms with Crippen LogP contribution in [0.2, 0.25) is 0 Å². The molecular weight excluding hydrogens is 392 g/mol. The van der Waals surface area contributed by atoms with Gasteiger partial charge >= 0.3 is 0 Å². The summed E-state index contributed by atoms with van der Waals surface area (Å²) >= 11 is 3.57. The summed E-state index contributed by atoms with van der Waals surface area (Å²) in [5, 5.41) is 0. The van der Waals surface area contributed by atoms with E-state index in [1.165, 1.54) is 28.2 Å². The summed E-state index contributed by atoms with van der Waals surface area (Å²) in [6, 6.07) is 40.9. The fraction of sp³-hybridized carbons (Fsp3) is 0.0385. The van der Waals surface area contributed by atoms with Gasteiger partial charge in [0.1, 0.15) is 0 Å². The molecule has 4 rings (SSSR count). The highest BCUT2D eigenvalue weighted by Crippen LogP contribution is 2.42. The van der Waals surface area contributed by atoms with Gasteiger partial charge in [-0.15, -0.1) is 0 Å². The van der Waals surface area contributed by atoms with Crippen molar-refractivity contribution < 1.29 is 0 Å². The highest BCUT2D eigenvalue weighted by atomic mass is 79.9. The van der Waals surface area contributed by atoms with E-state index >= 15 is 0 Å². The van der Waals surface area contributed by atoms with Crippen LogP contribution in [-0.2, 0) is 0 Å². The monoisotopic (exact) mass is 411 g/mol. The molecule has 0 aliphatic carbocycles. The molecule has 0 nitrogen and oxygen atoms in total. The number of benzene rings is 4. The molecule has 0 N–H and O–H groups in total. The number of hydrogen-bond donors (Lipinski definition) is 0. The summed E-state index contributed by atoms with van der Waals surface area (Å²) in [6.45, 7) is 0. The van der Waals surface area contributed by atoms with E-state index in [1.807, 2.05) is 0 Å². The summed E-state index contributed by atoms with van der Waals surface area (Å²) in [6.07, 6.45) is 0. The van der Waals surface area contributed by atoms with Crippen molar-refractivity contribution in [3.05, 3.63) is 148 Å². The van der Waals surface area contributed by atoms with Crippen molar-refractivity contribution in [3.63, 3.8) is 0 Å². The van der Waals surface area contributed by atoms with Crippen LogP contribution in [0.25, 0.3) is 0 Å². The maximum atomic E-state index is 3.57. The van der Waals surface area contributed by atoms with E-state index in [2.05, 4.69) is 131 Å². The smallest absolute Gasteiger partial charge is 0.0458 e. The molecule has 0 amide bonds. The highest BCUT2D eigenvalue weighted by Gasteiger charge is 2.28. The molecule has 1 heteroatoms. The van der Waals surface area contributed by atoms with E-state index < -0.39 is 0 Å². The maximum absolute atomic E-state index is 3.57. The first-order chi connectivity index (χ1) is 13.3. The Hall–Kier alpha value is -2.64. The summed E-state index contributed by atoms with van der Waals surface area (Å²) in [5.41, 5.74) is 5.08. The van der Waals surface area contributed by atoms with E-state index in [1.54, 1.807) is 0 Å². The minimum absolute atomic E-state index is 0.157. The van der Waals surface area contributed by atoms with Crippen molar-refractivity contribution in [2.75, 3.05) is 0 Å². The summed E-state index contributed by atoms with van der Waals surface area (Å²) in [5.74, 6) is 1.48. The van der Waals surface area contributed by atoms with Gasteiger partial charge in [0.05, 0.1) is 0 Å². The number of halogens is 1. The van der Waals surface area contributed by atoms with Crippen LogP contribution < -0.4 is 0 Å². The fourth-order valence-electron chi connectivity index (χ4n) is 3.56. The maximum Gasteiger partial charge on any atom is 0.0458 e. The van der Waals surface area contributed by atoms with Crippen molar-refractivity contribution in [1.29, 1.82) is 0 Å². The van der Waals surface area contributed by atoms with Crippen LogP contribution in [0.15, 0.2) is 120 Å². The van der Waals surface area contributed by atoms with Gasteiger partial charge in [-0.1, -0.05) is 119 Å². The molecule has 27 heavy (non-hydrogen) atoms. The van der Waals surface area contributed by atoms with Crippen LogP contribution in [-0.4, -0.2) is 0 Å². The molecular formula is C26H20Br. The van der Waals surface area contributed by atoms with Gasteiger partial charge in [0, 0.05) is 16.3 Å². The molecule has 1 radical (unpaired) electrons. The van der Waals surface area contributed by atoms with E-state index in [9.17, 15) is 0 Å². The number of rotatable bonds is 5. The molecule has 0 aliphatic heterocycles. The van der Waals surface area contributed by atoms with Crippen molar-refractivity contribution in [2.24, 2.45) is 0 Å². The van der Waals surface area contributed by atoms with Gasteiger partial charge in [0.25, 0.3) is 0 Å². The minimum Gasteiger partial charge on any atom is -0.0622 e. The van der Waals surface area contributed by atoms with Crippen LogP contribution in [0.3, 0.4) is 0 Å². The van der Waals surface area contributed by atoms with Crippen LogP contribution in [0.1, 0.15) is 28.2 Å². The molecule has 0 bridgehead atoms. The summed E-state index contributed by atoms with van der Waals surface area (Å²) in [4.78, 5) is 0. The van der Waals surface area contributed by atoms with Crippen LogP contribution in [0.4, 0.5) is 0 Å². The molecule has 0 aromatic heterocycles.